The van der Waals surface area contributed by atoms with Crippen molar-refractivity contribution in [2.75, 3.05) is 0 Å². The molecule has 0 amide bonds. The third kappa shape index (κ3) is 1.66. The van der Waals surface area contributed by atoms with Crippen LogP contribution in [0.5, 0.6) is 0 Å². The highest BCUT2D eigenvalue weighted by Gasteiger charge is 2.15. The van der Waals surface area contributed by atoms with Gasteiger partial charge in [0.25, 0.3) is 0 Å². The zero-order valence-electron chi connectivity index (χ0n) is 8.96. The van der Waals surface area contributed by atoms with Crippen LogP contribution in [0.4, 0.5) is 0 Å². The van der Waals surface area contributed by atoms with E-state index in [4.69, 9.17) is 5.73 Å². The van der Waals surface area contributed by atoms with E-state index in [1.165, 1.54) is 0 Å². The van der Waals surface area contributed by atoms with Gasteiger partial charge < -0.3 is 10.3 Å². The van der Waals surface area contributed by atoms with Gasteiger partial charge in [-0.05, 0) is 13.0 Å². The molecule has 2 aromatic heterocycles. The van der Waals surface area contributed by atoms with Gasteiger partial charge in [0, 0.05) is 19.8 Å². The molecule has 2 aromatic rings. The van der Waals surface area contributed by atoms with Gasteiger partial charge in [-0.2, -0.15) is 5.10 Å². The topological polar surface area (TPSA) is 61.7 Å². The average molecular weight is 205 g/mol. The molecule has 2 heterocycles. The Balaban J connectivity index is 2.36. The van der Waals surface area contributed by atoms with E-state index in [9.17, 15) is 0 Å². The molecular weight excluding hydrogens is 190 g/mol. The summed E-state index contributed by atoms with van der Waals surface area (Å²) in [4.78, 5) is 4.06. The summed E-state index contributed by atoms with van der Waals surface area (Å²) >= 11 is 0. The first-order chi connectivity index (χ1) is 7.24. The van der Waals surface area contributed by atoms with Crippen molar-refractivity contribution >= 4 is 0 Å². The van der Waals surface area contributed by atoms with Gasteiger partial charge >= 0.3 is 0 Å². The van der Waals surface area contributed by atoms with Crippen LogP contribution in [0.15, 0.2) is 24.8 Å². The number of nitrogens with zero attached hydrogens (tertiary/aromatic N) is 4. The molecule has 15 heavy (non-hydrogen) atoms. The summed E-state index contributed by atoms with van der Waals surface area (Å²) in [5.41, 5.74) is 8.17. The van der Waals surface area contributed by atoms with Crippen LogP contribution in [0.2, 0.25) is 0 Å². The van der Waals surface area contributed by atoms with E-state index in [0.29, 0.717) is 0 Å². The molecule has 0 aliphatic rings. The first kappa shape index (κ1) is 9.92. The number of rotatable bonds is 3. The largest absolute Gasteiger partial charge is 0.336 e. The van der Waals surface area contributed by atoms with Crippen molar-refractivity contribution in [1.82, 2.24) is 19.3 Å². The fourth-order valence-corrected chi connectivity index (χ4v) is 1.69. The molecule has 0 saturated carbocycles. The van der Waals surface area contributed by atoms with Gasteiger partial charge in [-0.1, -0.05) is 0 Å². The van der Waals surface area contributed by atoms with Crippen molar-refractivity contribution in [3.63, 3.8) is 0 Å². The third-order valence-electron chi connectivity index (χ3n) is 2.54. The van der Waals surface area contributed by atoms with Gasteiger partial charge in [-0.3, -0.25) is 4.68 Å². The molecule has 1 unspecified atom stereocenters. The average Bonchev–Trinajstić information content (AvgIpc) is 2.84. The summed E-state index contributed by atoms with van der Waals surface area (Å²) < 4.78 is 3.83. The highest BCUT2D eigenvalue weighted by molar-refractivity contribution is 5.19. The molecule has 0 fully saturated rings. The van der Waals surface area contributed by atoms with Crippen molar-refractivity contribution in [3.05, 3.63) is 36.2 Å². The summed E-state index contributed by atoms with van der Waals surface area (Å²) in [6.45, 7) is 2.88. The molecule has 2 N–H and O–H groups in total. The van der Waals surface area contributed by atoms with Crippen LogP contribution in [-0.2, 0) is 13.6 Å². The number of aryl methyl sites for hydroxylation is 2. The highest BCUT2D eigenvalue weighted by atomic mass is 15.3. The van der Waals surface area contributed by atoms with Crippen LogP contribution >= 0.6 is 0 Å². The van der Waals surface area contributed by atoms with Gasteiger partial charge in [-0.25, -0.2) is 4.98 Å². The molecule has 0 bridgehead atoms. The highest BCUT2D eigenvalue weighted by Crippen LogP contribution is 2.17. The van der Waals surface area contributed by atoms with Crippen LogP contribution in [0.3, 0.4) is 0 Å². The maximum Gasteiger partial charge on any atom is 0.0946 e. The Morgan fingerprint density at radius 2 is 2.27 bits per heavy atom. The Morgan fingerprint density at radius 3 is 2.87 bits per heavy atom. The first-order valence-corrected chi connectivity index (χ1v) is 4.97. The zero-order chi connectivity index (χ0) is 10.8. The number of aromatic nitrogens is 4. The molecule has 5 heteroatoms. The van der Waals surface area contributed by atoms with Crippen LogP contribution in [0, 0.1) is 0 Å². The summed E-state index contributed by atoms with van der Waals surface area (Å²) in [7, 11) is 1.94. The van der Waals surface area contributed by atoms with Crippen molar-refractivity contribution in [1.29, 1.82) is 0 Å². The second-order valence-corrected chi connectivity index (χ2v) is 3.48. The Hall–Kier alpha value is -1.62. The number of hydrogen-bond donors (Lipinski definition) is 1. The summed E-state index contributed by atoms with van der Waals surface area (Å²) in [5.74, 6) is 0. The minimum Gasteiger partial charge on any atom is -0.336 e. The number of imidazole rings is 1. The molecule has 5 nitrogen and oxygen atoms in total. The van der Waals surface area contributed by atoms with Gasteiger partial charge in [0.2, 0.25) is 0 Å². The molecule has 0 aliphatic heterocycles. The van der Waals surface area contributed by atoms with Crippen molar-refractivity contribution < 1.29 is 0 Å². The Morgan fingerprint density at radius 1 is 1.47 bits per heavy atom. The van der Waals surface area contributed by atoms with E-state index in [0.717, 1.165) is 17.9 Å². The molecule has 2 rings (SSSR count). The maximum atomic E-state index is 6.16. The van der Waals surface area contributed by atoms with Crippen LogP contribution in [0.1, 0.15) is 24.4 Å². The van der Waals surface area contributed by atoms with Crippen LogP contribution in [-0.4, -0.2) is 19.3 Å². The maximum absolute atomic E-state index is 6.16. The molecule has 0 aliphatic carbocycles. The SMILES string of the molecule is CCn1nccc1C(N)c1cncn1C. The van der Waals surface area contributed by atoms with Gasteiger partial charge in [-0.15, -0.1) is 0 Å². The smallest absolute Gasteiger partial charge is 0.0946 e. The standard InChI is InChI=1S/C10H15N5/c1-3-15-8(4-5-13-15)10(11)9-6-12-7-14(9)2/h4-7,10H,3,11H2,1-2H3. The molecule has 0 aromatic carbocycles. The fraction of sp³-hybridized carbons (Fsp3) is 0.400. The Bertz CT molecular complexity index is 442. The van der Waals surface area contributed by atoms with Gasteiger partial charge in [0.15, 0.2) is 0 Å². The molecule has 0 saturated heterocycles. The summed E-state index contributed by atoms with van der Waals surface area (Å²) in [6.07, 6.45) is 5.31. The van der Waals surface area contributed by atoms with E-state index in [1.807, 2.05) is 29.3 Å². The second kappa shape index (κ2) is 3.86. The quantitative estimate of drug-likeness (QED) is 0.801. The predicted octanol–water partition coefficient (Wildman–Crippen LogP) is 0.685. The molecule has 0 spiro atoms. The number of nitrogens with two attached hydrogens (primary N) is 1. The lowest BCUT2D eigenvalue weighted by Crippen LogP contribution is -2.19. The Kier molecular flexibility index (Phi) is 2.55. The van der Waals surface area contributed by atoms with E-state index in [-0.39, 0.29) is 6.04 Å². The zero-order valence-corrected chi connectivity index (χ0v) is 8.96. The van der Waals surface area contributed by atoms with E-state index in [1.54, 1.807) is 18.7 Å². The molecule has 0 radical (unpaired) electrons. The van der Waals surface area contributed by atoms with E-state index >= 15 is 0 Å². The molecular formula is C10H15N5. The lowest BCUT2D eigenvalue weighted by atomic mass is 10.1. The second-order valence-electron chi connectivity index (χ2n) is 3.48. The van der Waals surface area contributed by atoms with Gasteiger partial charge in [0.05, 0.1) is 30.0 Å². The van der Waals surface area contributed by atoms with Crippen molar-refractivity contribution in [2.24, 2.45) is 12.8 Å². The third-order valence-corrected chi connectivity index (χ3v) is 2.54. The monoisotopic (exact) mass is 205 g/mol. The Labute approximate surface area is 88.5 Å². The minimum atomic E-state index is -0.167. The van der Waals surface area contributed by atoms with Crippen molar-refractivity contribution in [3.8, 4) is 0 Å². The van der Waals surface area contributed by atoms with E-state index in [2.05, 4.69) is 10.1 Å². The first-order valence-electron chi connectivity index (χ1n) is 4.97. The normalized spacial score (nSPS) is 13.0. The minimum absolute atomic E-state index is 0.167. The summed E-state index contributed by atoms with van der Waals surface area (Å²) in [6, 6.07) is 1.78. The van der Waals surface area contributed by atoms with Crippen molar-refractivity contribution in [2.45, 2.75) is 19.5 Å². The lowest BCUT2D eigenvalue weighted by Gasteiger charge is -2.13. The fourth-order valence-electron chi connectivity index (χ4n) is 1.69. The van der Waals surface area contributed by atoms with Gasteiger partial charge in [0.1, 0.15) is 0 Å². The summed E-state index contributed by atoms with van der Waals surface area (Å²) in [5, 5.41) is 4.20. The van der Waals surface area contributed by atoms with E-state index < -0.39 is 0 Å². The molecule has 80 valence electrons. The molecule has 1 atom stereocenters. The predicted molar refractivity (Wildman–Crippen MR) is 57.1 cm³/mol. The lowest BCUT2D eigenvalue weighted by molar-refractivity contribution is 0.588. The van der Waals surface area contributed by atoms with Crippen LogP contribution in [0.25, 0.3) is 0 Å². The van der Waals surface area contributed by atoms with Crippen LogP contribution < -0.4 is 5.73 Å². The number of hydrogen-bond acceptors (Lipinski definition) is 3.